The summed E-state index contributed by atoms with van der Waals surface area (Å²) in [5.74, 6) is 1.12. The fourth-order valence-corrected chi connectivity index (χ4v) is 4.15. The van der Waals surface area contributed by atoms with Gasteiger partial charge in [-0.05, 0) is 31.4 Å². The highest BCUT2D eigenvalue weighted by atomic mass is 32.1. The minimum absolute atomic E-state index is 0.339. The number of aryl methyl sites for hydroxylation is 1. The Bertz CT molecular complexity index is 834. The Hall–Kier alpha value is -2.30. The lowest BCUT2D eigenvalue weighted by molar-refractivity contribution is 0.0317. The molecule has 0 aromatic carbocycles. The Balaban J connectivity index is 0.00000199. The average Bonchev–Trinajstić information content (AvgIpc) is 3.34. The van der Waals surface area contributed by atoms with Gasteiger partial charge in [0.15, 0.2) is 5.82 Å². The quantitative estimate of drug-likeness (QED) is 0.328. The number of hydrogen-bond donors (Lipinski definition) is 1. The third-order valence-electron chi connectivity index (χ3n) is 5.00. The van der Waals surface area contributed by atoms with Crippen molar-refractivity contribution in [2.45, 2.75) is 53.9 Å². The van der Waals surface area contributed by atoms with Crippen LogP contribution in [-0.2, 0) is 11.2 Å². The number of ether oxygens (including phenoxy) is 2. The Labute approximate surface area is 208 Å². The SMILES string of the molecule is CC.CCCN(CCC)c1nc(/C=N/Nc2ccc(CC)s2)nc(OCCN2CCOCC2)n1. The first-order valence-corrected chi connectivity index (χ1v) is 13.3. The van der Waals surface area contributed by atoms with Crippen molar-refractivity contribution in [3.63, 3.8) is 0 Å². The second-order valence-corrected chi connectivity index (χ2v) is 8.72. The molecule has 0 amide bonds. The van der Waals surface area contributed by atoms with E-state index >= 15 is 0 Å². The van der Waals surface area contributed by atoms with Crippen LogP contribution in [-0.4, -0.2) is 78.6 Å². The van der Waals surface area contributed by atoms with E-state index in [9.17, 15) is 0 Å². The van der Waals surface area contributed by atoms with Crippen molar-refractivity contribution in [2.75, 3.05) is 62.9 Å². The lowest BCUT2D eigenvalue weighted by atomic mass is 10.4. The topological polar surface area (TPSA) is 88.0 Å². The normalized spacial score (nSPS) is 14.0. The highest BCUT2D eigenvalue weighted by Crippen LogP contribution is 2.22. The summed E-state index contributed by atoms with van der Waals surface area (Å²) in [6, 6.07) is 4.48. The molecule has 0 atom stereocenters. The molecule has 2 aromatic heterocycles. The van der Waals surface area contributed by atoms with Gasteiger partial charge in [-0.15, -0.1) is 11.3 Å². The number of morpholine rings is 1. The van der Waals surface area contributed by atoms with Gasteiger partial charge < -0.3 is 14.4 Å². The fourth-order valence-electron chi connectivity index (χ4n) is 3.35. The van der Waals surface area contributed by atoms with E-state index in [1.807, 2.05) is 19.9 Å². The lowest BCUT2D eigenvalue weighted by Gasteiger charge is -2.26. The third-order valence-corrected chi connectivity index (χ3v) is 6.13. The summed E-state index contributed by atoms with van der Waals surface area (Å²) in [6.07, 6.45) is 4.67. The van der Waals surface area contributed by atoms with Gasteiger partial charge in [-0.2, -0.15) is 20.1 Å². The van der Waals surface area contributed by atoms with Crippen LogP contribution in [0.3, 0.4) is 0 Å². The van der Waals surface area contributed by atoms with E-state index in [0.717, 1.165) is 70.2 Å². The first-order chi connectivity index (χ1) is 16.7. The number of hydrogen-bond acceptors (Lipinski definition) is 10. The molecule has 34 heavy (non-hydrogen) atoms. The molecule has 2 aromatic rings. The summed E-state index contributed by atoms with van der Waals surface area (Å²) in [5.41, 5.74) is 3.07. The van der Waals surface area contributed by atoms with Gasteiger partial charge in [-0.25, -0.2) is 0 Å². The van der Waals surface area contributed by atoms with Crippen molar-refractivity contribution in [2.24, 2.45) is 5.10 Å². The molecular weight excluding hydrogens is 450 g/mol. The van der Waals surface area contributed by atoms with E-state index < -0.39 is 0 Å². The summed E-state index contributed by atoms with van der Waals surface area (Å²) in [7, 11) is 0. The second kappa shape index (κ2) is 16.3. The summed E-state index contributed by atoms with van der Waals surface area (Å²) < 4.78 is 11.3. The molecule has 1 aliphatic heterocycles. The maximum Gasteiger partial charge on any atom is 0.321 e. The predicted molar refractivity (Wildman–Crippen MR) is 142 cm³/mol. The van der Waals surface area contributed by atoms with Gasteiger partial charge in [0.05, 0.1) is 19.4 Å². The fraction of sp³-hybridized carbons (Fsp3) is 0.667. The molecule has 1 saturated heterocycles. The molecule has 0 unspecified atom stereocenters. The Morgan fingerprint density at radius 2 is 1.85 bits per heavy atom. The van der Waals surface area contributed by atoms with Crippen molar-refractivity contribution in [3.8, 4) is 6.01 Å². The van der Waals surface area contributed by atoms with Crippen molar-refractivity contribution in [3.05, 3.63) is 22.8 Å². The van der Waals surface area contributed by atoms with Gasteiger partial charge in [0, 0.05) is 37.6 Å². The van der Waals surface area contributed by atoms with Crippen LogP contribution < -0.4 is 15.1 Å². The van der Waals surface area contributed by atoms with Crippen LogP contribution in [0, 0.1) is 0 Å². The number of hydrazone groups is 1. The molecule has 9 nitrogen and oxygen atoms in total. The largest absolute Gasteiger partial charge is 0.462 e. The highest BCUT2D eigenvalue weighted by Gasteiger charge is 2.14. The first-order valence-electron chi connectivity index (χ1n) is 12.5. The van der Waals surface area contributed by atoms with E-state index in [1.165, 1.54) is 4.88 Å². The van der Waals surface area contributed by atoms with E-state index in [-0.39, 0.29) is 0 Å². The standard InChI is InChI=1S/C22H35N7O2S.C2H6/c1-4-9-29(10-5-2)21-24-19(17-23-27-20-8-7-18(6-3)32-20)25-22(26-21)31-16-13-28-11-14-30-15-12-28;1-2/h7-8,17,27H,4-6,9-16H2,1-3H3;1-2H3/b23-17+;. The third kappa shape index (κ3) is 9.52. The van der Waals surface area contributed by atoms with Crippen molar-refractivity contribution >= 4 is 28.5 Å². The van der Waals surface area contributed by atoms with Gasteiger partial charge in [0.25, 0.3) is 0 Å². The van der Waals surface area contributed by atoms with Crippen LogP contribution >= 0.6 is 11.3 Å². The van der Waals surface area contributed by atoms with Gasteiger partial charge in [0.1, 0.15) is 11.6 Å². The zero-order chi connectivity index (χ0) is 24.6. The molecule has 0 bridgehead atoms. The Morgan fingerprint density at radius 1 is 1.12 bits per heavy atom. The molecule has 190 valence electrons. The molecule has 3 rings (SSSR count). The summed E-state index contributed by atoms with van der Waals surface area (Å²) in [5, 5.41) is 5.33. The first kappa shape index (κ1) is 27.9. The average molecular weight is 492 g/mol. The molecule has 1 N–H and O–H groups in total. The summed E-state index contributed by atoms with van der Waals surface area (Å²) in [6.45, 7) is 17.0. The van der Waals surface area contributed by atoms with E-state index in [2.05, 4.69) is 62.1 Å². The maximum absolute atomic E-state index is 5.93. The number of rotatable bonds is 13. The van der Waals surface area contributed by atoms with Crippen LogP contribution in [0.5, 0.6) is 6.01 Å². The van der Waals surface area contributed by atoms with Crippen LogP contribution in [0.25, 0.3) is 0 Å². The van der Waals surface area contributed by atoms with Crippen molar-refractivity contribution < 1.29 is 9.47 Å². The number of anilines is 2. The highest BCUT2D eigenvalue weighted by molar-refractivity contribution is 7.16. The van der Waals surface area contributed by atoms with Gasteiger partial charge in [-0.1, -0.05) is 34.6 Å². The lowest BCUT2D eigenvalue weighted by Crippen LogP contribution is -2.38. The molecule has 10 heteroatoms. The molecule has 1 fully saturated rings. The van der Waals surface area contributed by atoms with Crippen LogP contribution in [0.2, 0.25) is 0 Å². The molecule has 3 heterocycles. The molecule has 0 spiro atoms. The summed E-state index contributed by atoms with van der Waals surface area (Å²) >= 11 is 1.69. The number of nitrogens with one attached hydrogen (secondary N) is 1. The van der Waals surface area contributed by atoms with E-state index in [4.69, 9.17) is 9.47 Å². The molecule has 0 saturated carbocycles. The van der Waals surface area contributed by atoms with Crippen LogP contribution in [0.1, 0.15) is 58.2 Å². The molecule has 0 radical (unpaired) electrons. The minimum atomic E-state index is 0.339. The second-order valence-electron chi connectivity index (χ2n) is 7.56. The van der Waals surface area contributed by atoms with Crippen LogP contribution in [0.15, 0.2) is 17.2 Å². The van der Waals surface area contributed by atoms with E-state index in [0.29, 0.717) is 24.4 Å². The van der Waals surface area contributed by atoms with Gasteiger partial charge >= 0.3 is 6.01 Å². The molecule has 0 aliphatic carbocycles. The van der Waals surface area contributed by atoms with Gasteiger partial charge in [-0.3, -0.25) is 10.3 Å². The predicted octanol–water partition coefficient (Wildman–Crippen LogP) is 4.31. The van der Waals surface area contributed by atoms with Crippen LogP contribution in [0.4, 0.5) is 10.9 Å². The summed E-state index contributed by atoms with van der Waals surface area (Å²) in [4.78, 5) is 19.5. The van der Waals surface area contributed by atoms with Crippen molar-refractivity contribution in [1.29, 1.82) is 0 Å². The zero-order valence-electron chi connectivity index (χ0n) is 21.4. The van der Waals surface area contributed by atoms with Crippen molar-refractivity contribution in [1.82, 2.24) is 19.9 Å². The number of thiophene rings is 1. The Morgan fingerprint density at radius 3 is 2.50 bits per heavy atom. The van der Waals surface area contributed by atoms with E-state index in [1.54, 1.807) is 17.6 Å². The molecule has 1 aliphatic rings. The van der Waals surface area contributed by atoms with Gasteiger partial charge in [0.2, 0.25) is 5.95 Å². The Kier molecular flexibility index (Phi) is 13.4. The number of aromatic nitrogens is 3. The zero-order valence-corrected chi connectivity index (χ0v) is 22.2. The monoisotopic (exact) mass is 491 g/mol. The smallest absolute Gasteiger partial charge is 0.321 e. The maximum atomic E-state index is 5.93. The minimum Gasteiger partial charge on any atom is -0.462 e. The number of nitrogens with zero attached hydrogens (tertiary/aromatic N) is 6. The molecular formula is C24H41N7O2S.